The van der Waals surface area contributed by atoms with Crippen molar-refractivity contribution in [3.05, 3.63) is 29.5 Å². The highest BCUT2D eigenvalue weighted by molar-refractivity contribution is 6.06. The number of carbonyl (C=O) groups is 1. The molecule has 0 amide bonds. The van der Waals surface area contributed by atoms with Crippen molar-refractivity contribution in [3.63, 3.8) is 0 Å². The number of hydrogen-bond donors (Lipinski definition) is 1. The molecule has 2 aromatic rings. The van der Waals surface area contributed by atoms with E-state index in [0.717, 1.165) is 23.0 Å². The minimum Gasteiger partial charge on any atom is -0.303 e. The van der Waals surface area contributed by atoms with E-state index in [0.29, 0.717) is 24.0 Å². The first-order valence-corrected chi connectivity index (χ1v) is 7.95. The number of ketones is 1. The molecule has 5 rings (SSSR count). The molecule has 1 aromatic heterocycles. The number of fused-ring (bicyclic) bond motifs is 4. The van der Waals surface area contributed by atoms with E-state index in [1.54, 1.807) is 0 Å². The Morgan fingerprint density at radius 3 is 2.91 bits per heavy atom. The molecule has 4 nitrogen and oxygen atoms in total. The molecule has 3 aliphatic rings. The van der Waals surface area contributed by atoms with Gasteiger partial charge < -0.3 is 4.90 Å². The van der Waals surface area contributed by atoms with E-state index in [4.69, 9.17) is 6.42 Å². The van der Waals surface area contributed by atoms with Crippen molar-refractivity contribution < 1.29 is 4.79 Å². The van der Waals surface area contributed by atoms with Crippen LogP contribution in [0.4, 0.5) is 0 Å². The van der Waals surface area contributed by atoms with Crippen LogP contribution in [0.3, 0.4) is 0 Å². The lowest BCUT2D eigenvalue weighted by Crippen LogP contribution is -2.47. The highest BCUT2D eigenvalue weighted by Gasteiger charge is 2.35. The number of nitrogens with zero attached hydrogens (tertiary/aromatic N) is 2. The lowest BCUT2D eigenvalue weighted by molar-refractivity contribution is 0.0440. The molecule has 1 atom stereocenters. The monoisotopic (exact) mass is 293 g/mol. The summed E-state index contributed by atoms with van der Waals surface area (Å²) in [6, 6.07) is 5.63. The molecule has 0 unspecified atom stereocenters. The summed E-state index contributed by atoms with van der Waals surface area (Å²) in [6.45, 7) is 3.48. The van der Waals surface area contributed by atoms with E-state index in [1.165, 1.54) is 25.9 Å². The van der Waals surface area contributed by atoms with E-state index in [-0.39, 0.29) is 5.78 Å². The number of H-pyrrole nitrogens is 1. The van der Waals surface area contributed by atoms with Crippen molar-refractivity contribution in [1.82, 2.24) is 15.1 Å². The Balaban J connectivity index is 1.57. The van der Waals surface area contributed by atoms with Gasteiger partial charge in [-0.15, -0.1) is 6.42 Å². The molecular formula is C18H19N3O. The Morgan fingerprint density at radius 1 is 1.41 bits per heavy atom. The number of aromatic amines is 1. The summed E-state index contributed by atoms with van der Waals surface area (Å²) < 4.78 is 0. The van der Waals surface area contributed by atoms with Crippen LogP contribution in [-0.4, -0.2) is 40.5 Å². The van der Waals surface area contributed by atoms with Gasteiger partial charge in [0.05, 0.1) is 5.52 Å². The van der Waals surface area contributed by atoms with Gasteiger partial charge in [0, 0.05) is 23.9 Å². The Morgan fingerprint density at radius 2 is 2.23 bits per heavy atom. The van der Waals surface area contributed by atoms with Gasteiger partial charge >= 0.3 is 0 Å². The van der Waals surface area contributed by atoms with Crippen molar-refractivity contribution in [2.24, 2.45) is 11.8 Å². The number of hydrogen-bond acceptors (Lipinski definition) is 3. The minimum absolute atomic E-state index is 0.151. The largest absolute Gasteiger partial charge is 0.303 e. The van der Waals surface area contributed by atoms with Crippen LogP contribution in [0.1, 0.15) is 35.3 Å². The standard InChI is InChI=1S/C18H19N3O/c1-2-12-3-4-15-16(9-12)19-20-18(15)17(22)10-14-11-21-7-5-13(14)6-8-21/h1,3-4,9,13-14H,5-8,10-11H2,(H,19,20)/t14-/m0/s1. The van der Waals surface area contributed by atoms with Crippen molar-refractivity contribution in [2.75, 3.05) is 19.6 Å². The van der Waals surface area contributed by atoms with Crippen LogP contribution in [0.5, 0.6) is 0 Å². The normalized spacial score (nSPS) is 27.0. The highest BCUT2D eigenvalue weighted by Crippen LogP contribution is 2.35. The first-order valence-electron chi connectivity index (χ1n) is 7.95. The van der Waals surface area contributed by atoms with Gasteiger partial charge in [0.2, 0.25) is 0 Å². The van der Waals surface area contributed by atoms with Crippen LogP contribution in [-0.2, 0) is 0 Å². The second kappa shape index (κ2) is 5.26. The minimum atomic E-state index is 0.151. The van der Waals surface area contributed by atoms with Crippen molar-refractivity contribution in [2.45, 2.75) is 19.3 Å². The fourth-order valence-electron chi connectivity index (χ4n) is 3.98. The van der Waals surface area contributed by atoms with Crippen molar-refractivity contribution >= 4 is 16.7 Å². The molecule has 4 heteroatoms. The average Bonchev–Trinajstić information content (AvgIpc) is 2.99. The zero-order chi connectivity index (χ0) is 15.1. The molecule has 2 bridgehead atoms. The molecule has 0 aliphatic carbocycles. The Labute approximate surface area is 129 Å². The summed E-state index contributed by atoms with van der Waals surface area (Å²) in [6.07, 6.45) is 8.50. The molecule has 1 aromatic carbocycles. The molecule has 0 spiro atoms. The van der Waals surface area contributed by atoms with E-state index in [9.17, 15) is 4.79 Å². The molecular weight excluding hydrogens is 274 g/mol. The Hall–Kier alpha value is -2.12. The second-order valence-electron chi connectivity index (χ2n) is 6.50. The maximum absolute atomic E-state index is 12.7. The molecule has 4 heterocycles. The van der Waals surface area contributed by atoms with Crippen LogP contribution in [0, 0.1) is 24.2 Å². The molecule has 112 valence electrons. The first-order chi connectivity index (χ1) is 10.7. The lowest BCUT2D eigenvalue weighted by Gasteiger charge is -2.44. The average molecular weight is 293 g/mol. The lowest BCUT2D eigenvalue weighted by atomic mass is 9.76. The molecule has 0 saturated carbocycles. The third-order valence-corrected chi connectivity index (χ3v) is 5.23. The van der Waals surface area contributed by atoms with Gasteiger partial charge in [-0.2, -0.15) is 5.10 Å². The van der Waals surface area contributed by atoms with Gasteiger partial charge in [0.15, 0.2) is 5.78 Å². The zero-order valence-corrected chi connectivity index (χ0v) is 12.5. The van der Waals surface area contributed by atoms with Crippen LogP contribution in [0.2, 0.25) is 0 Å². The van der Waals surface area contributed by atoms with Gasteiger partial charge in [-0.25, -0.2) is 0 Å². The predicted molar refractivity (Wildman–Crippen MR) is 85.6 cm³/mol. The number of rotatable bonds is 3. The SMILES string of the molecule is C#Cc1ccc2c(C(=O)C[C@H]3CN4CCC3CC4)n[nH]c2c1. The maximum Gasteiger partial charge on any atom is 0.184 e. The number of Topliss-reactive ketones (excluding diaryl/α,β-unsaturated/α-hetero) is 1. The molecule has 0 radical (unpaired) electrons. The van der Waals surface area contributed by atoms with E-state index >= 15 is 0 Å². The zero-order valence-electron chi connectivity index (χ0n) is 12.5. The number of piperidine rings is 3. The maximum atomic E-state index is 12.7. The van der Waals surface area contributed by atoms with E-state index in [1.807, 2.05) is 18.2 Å². The quantitative estimate of drug-likeness (QED) is 0.698. The molecule has 3 fully saturated rings. The molecule has 3 saturated heterocycles. The van der Waals surface area contributed by atoms with E-state index < -0.39 is 0 Å². The number of carbonyl (C=O) groups excluding carboxylic acids is 1. The van der Waals surface area contributed by atoms with Gasteiger partial charge in [0.25, 0.3) is 0 Å². The Kier molecular flexibility index (Phi) is 3.24. The van der Waals surface area contributed by atoms with Crippen molar-refractivity contribution in [1.29, 1.82) is 0 Å². The first kappa shape index (κ1) is 13.5. The van der Waals surface area contributed by atoms with Crippen LogP contribution >= 0.6 is 0 Å². The van der Waals surface area contributed by atoms with Crippen LogP contribution in [0.25, 0.3) is 10.9 Å². The van der Waals surface area contributed by atoms with Gasteiger partial charge in [-0.05, 0) is 56.0 Å². The molecule has 22 heavy (non-hydrogen) atoms. The highest BCUT2D eigenvalue weighted by atomic mass is 16.1. The predicted octanol–water partition coefficient (Wildman–Crippen LogP) is 2.46. The van der Waals surface area contributed by atoms with Gasteiger partial charge in [-0.1, -0.05) is 5.92 Å². The second-order valence-corrected chi connectivity index (χ2v) is 6.50. The summed E-state index contributed by atoms with van der Waals surface area (Å²) in [5, 5.41) is 8.06. The van der Waals surface area contributed by atoms with Crippen LogP contribution in [0.15, 0.2) is 18.2 Å². The summed E-state index contributed by atoms with van der Waals surface area (Å²) >= 11 is 0. The molecule has 1 N–H and O–H groups in total. The number of nitrogens with one attached hydrogen (secondary N) is 1. The third kappa shape index (κ3) is 2.22. The van der Waals surface area contributed by atoms with Gasteiger partial charge in [0.1, 0.15) is 5.69 Å². The number of aromatic nitrogens is 2. The van der Waals surface area contributed by atoms with Gasteiger partial charge in [-0.3, -0.25) is 9.89 Å². The smallest absolute Gasteiger partial charge is 0.184 e. The Bertz CT molecular complexity index is 762. The number of benzene rings is 1. The summed E-state index contributed by atoms with van der Waals surface area (Å²) in [5.41, 5.74) is 2.20. The number of terminal acetylenes is 1. The molecule has 3 aliphatic heterocycles. The fourth-order valence-corrected chi connectivity index (χ4v) is 3.98. The topological polar surface area (TPSA) is 49.0 Å². The van der Waals surface area contributed by atoms with Crippen LogP contribution < -0.4 is 0 Å². The fraction of sp³-hybridized carbons (Fsp3) is 0.444. The van der Waals surface area contributed by atoms with Crippen molar-refractivity contribution in [3.8, 4) is 12.3 Å². The van der Waals surface area contributed by atoms with E-state index in [2.05, 4.69) is 21.0 Å². The third-order valence-electron chi connectivity index (χ3n) is 5.23. The summed E-state index contributed by atoms with van der Waals surface area (Å²) in [5.74, 6) is 3.96. The summed E-state index contributed by atoms with van der Waals surface area (Å²) in [7, 11) is 0. The summed E-state index contributed by atoms with van der Waals surface area (Å²) in [4.78, 5) is 15.2.